The van der Waals surface area contributed by atoms with Gasteiger partial charge in [-0.2, -0.15) is 0 Å². The monoisotopic (exact) mass is 304 g/mol. The van der Waals surface area contributed by atoms with Crippen molar-refractivity contribution in [2.24, 2.45) is 5.41 Å². The molecule has 2 N–H and O–H groups in total. The van der Waals surface area contributed by atoms with Crippen molar-refractivity contribution < 1.29 is 19.7 Å². The molecule has 1 atom stereocenters. The largest absolute Gasteiger partial charge is 0.423 e. The van der Waals surface area contributed by atoms with Crippen molar-refractivity contribution in [1.82, 2.24) is 0 Å². The lowest BCUT2D eigenvalue weighted by molar-refractivity contribution is -0.235. The summed E-state index contributed by atoms with van der Waals surface area (Å²) in [6.45, 7) is 4.70. The Morgan fingerprint density at radius 3 is 2.59 bits per heavy atom. The molecular weight excluding hydrogens is 280 g/mol. The lowest BCUT2D eigenvalue weighted by Gasteiger charge is -2.32. The van der Waals surface area contributed by atoms with Crippen LogP contribution in [0.2, 0.25) is 0 Å². The molecule has 1 aromatic carbocycles. The maximum Gasteiger partial charge on any atom is 0.372 e. The molecule has 0 saturated heterocycles. The molecule has 4 nitrogen and oxygen atoms in total. The number of hydrogen-bond acceptors (Lipinski definition) is 4. The fourth-order valence-electron chi connectivity index (χ4n) is 2.38. The molecular formula is C18H24O4. The van der Waals surface area contributed by atoms with Gasteiger partial charge >= 0.3 is 5.97 Å². The van der Waals surface area contributed by atoms with Gasteiger partial charge in [0.25, 0.3) is 5.79 Å². The van der Waals surface area contributed by atoms with E-state index in [9.17, 15) is 15.0 Å². The summed E-state index contributed by atoms with van der Waals surface area (Å²) in [4.78, 5) is 12.0. The Kier molecular flexibility index (Phi) is 4.73. The highest BCUT2D eigenvalue weighted by molar-refractivity contribution is 5.80. The van der Waals surface area contributed by atoms with Gasteiger partial charge < -0.3 is 14.9 Å². The molecule has 0 amide bonds. The minimum atomic E-state index is -2.53. The van der Waals surface area contributed by atoms with Gasteiger partial charge in [0.05, 0.1) is 0 Å². The molecule has 0 radical (unpaired) electrons. The molecule has 0 spiro atoms. The molecule has 0 bridgehead atoms. The van der Waals surface area contributed by atoms with Crippen molar-refractivity contribution in [2.75, 3.05) is 0 Å². The summed E-state index contributed by atoms with van der Waals surface area (Å²) in [5.74, 6) is -2.94. The number of carbonyl (C=O) groups is 1. The summed E-state index contributed by atoms with van der Waals surface area (Å²) in [5, 5.41) is 19.9. The number of rotatable bonds is 3. The first-order chi connectivity index (χ1) is 10.2. The van der Waals surface area contributed by atoms with Crippen molar-refractivity contribution in [3.63, 3.8) is 0 Å². The van der Waals surface area contributed by atoms with E-state index in [4.69, 9.17) is 4.74 Å². The standard InChI is InChI=1S/C18H24O4/c1-17(2,3)18(20,21)16(19)22-15-11-7-10-14(12-15)13-8-5-4-6-9-13/h5,7-8,10-13,20-21H,4,6,9H2,1-3H3. The van der Waals surface area contributed by atoms with Crippen molar-refractivity contribution in [2.45, 2.75) is 51.7 Å². The molecule has 0 saturated carbocycles. The first-order valence-corrected chi connectivity index (χ1v) is 7.65. The minimum Gasteiger partial charge on any atom is -0.423 e. The number of allylic oxidation sites excluding steroid dienone is 2. The average molecular weight is 304 g/mol. The molecule has 22 heavy (non-hydrogen) atoms. The zero-order valence-electron chi connectivity index (χ0n) is 13.4. The molecule has 2 rings (SSSR count). The second-order valence-electron chi connectivity index (χ2n) is 6.85. The fourth-order valence-corrected chi connectivity index (χ4v) is 2.38. The molecule has 1 unspecified atom stereocenters. The summed E-state index contributed by atoms with van der Waals surface area (Å²) in [6, 6.07) is 7.24. The fraction of sp³-hybridized carbons (Fsp3) is 0.500. The zero-order valence-corrected chi connectivity index (χ0v) is 13.4. The Morgan fingerprint density at radius 1 is 1.27 bits per heavy atom. The SMILES string of the molecule is CC(C)(C)C(O)(O)C(=O)Oc1cccc(C2C=CCCC2)c1. The van der Waals surface area contributed by atoms with Gasteiger partial charge in [-0.1, -0.05) is 45.1 Å². The molecule has 1 aromatic rings. The van der Waals surface area contributed by atoms with Crippen LogP contribution in [-0.2, 0) is 4.79 Å². The smallest absolute Gasteiger partial charge is 0.372 e. The van der Waals surface area contributed by atoms with E-state index >= 15 is 0 Å². The zero-order chi connectivity index (χ0) is 16.4. The van der Waals surface area contributed by atoms with E-state index in [-0.39, 0.29) is 0 Å². The second-order valence-corrected chi connectivity index (χ2v) is 6.85. The minimum absolute atomic E-state index is 0.322. The Morgan fingerprint density at radius 2 is 2.00 bits per heavy atom. The summed E-state index contributed by atoms with van der Waals surface area (Å²) in [5.41, 5.74) is 0.0341. The first-order valence-electron chi connectivity index (χ1n) is 7.65. The first kappa shape index (κ1) is 16.7. The van der Waals surface area contributed by atoms with Crippen LogP contribution in [0.15, 0.2) is 36.4 Å². The van der Waals surface area contributed by atoms with Crippen LogP contribution in [0.4, 0.5) is 0 Å². The topological polar surface area (TPSA) is 66.8 Å². The third-order valence-corrected chi connectivity index (χ3v) is 4.08. The average Bonchev–Trinajstić information content (AvgIpc) is 2.47. The Bertz CT molecular complexity index is 567. The highest BCUT2D eigenvalue weighted by Gasteiger charge is 2.47. The van der Waals surface area contributed by atoms with Crippen LogP contribution in [0, 0.1) is 5.41 Å². The van der Waals surface area contributed by atoms with E-state index in [1.807, 2.05) is 12.1 Å². The summed E-state index contributed by atoms with van der Waals surface area (Å²) < 4.78 is 5.17. The quantitative estimate of drug-likeness (QED) is 0.390. The molecule has 4 heteroatoms. The normalized spacial score (nSPS) is 19.0. The van der Waals surface area contributed by atoms with Crippen LogP contribution in [0.3, 0.4) is 0 Å². The second kappa shape index (κ2) is 6.23. The van der Waals surface area contributed by atoms with Crippen LogP contribution < -0.4 is 4.74 Å². The van der Waals surface area contributed by atoms with E-state index in [1.54, 1.807) is 32.9 Å². The van der Waals surface area contributed by atoms with Crippen molar-refractivity contribution in [1.29, 1.82) is 0 Å². The van der Waals surface area contributed by atoms with E-state index in [0.717, 1.165) is 24.8 Å². The third kappa shape index (κ3) is 3.57. The van der Waals surface area contributed by atoms with Gasteiger partial charge in [0.2, 0.25) is 0 Å². The lowest BCUT2D eigenvalue weighted by atomic mass is 9.85. The predicted molar refractivity (Wildman–Crippen MR) is 84.4 cm³/mol. The van der Waals surface area contributed by atoms with Crippen LogP contribution in [-0.4, -0.2) is 22.0 Å². The van der Waals surface area contributed by atoms with Crippen molar-refractivity contribution >= 4 is 5.97 Å². The maximum atomic E-state index is 12.0. The van der Waals surface area contributed by atoms with E-state index in [1.165, 1.54) is 0 Å². The molecule has 120 valence electrons. The van der Waals surface area contributed by atoms with Crippen LogP contribution in [0.5, 0.6) is 5.75 Å². The van der Waals surface area contributed by atoms with E-state index < -0.39 is 17.2 Å². The Balaban J connectivity index is 2.15. The summed E-state index contributed by atoms with van der Waals surface area (Å²) >= 11 is 0. The van der Waals surface area contributed by atoms with Crippen molar-refractivity contribution in [3.05, 3.63) is 42.0 Å². The number of carbonyl (C=O) groups excluding carboxylic acids is 1. The Hall–Kier alpha value is -1.65. The number of benzene rings is 1. The van der Waals surface area contributed by atoms with Gasteiger partial charge in [0.1, 0.15) is 5.75 Å². The molecule has 0 heterocycles. The van der Waals surface area contributed by atoms with Gasteiger partial charge in [-0.3, -0.25) is 0 Å². The van der Waals surface area contributed by atoms with Crippen LogP contribution >= 0.6 is 0 Å². The highest BCUT2D eigenvalue weighted by Crippen LogP contribution is 2.32. The number of hydrogen-bond donors (Lipinski definition) is 2. The van der Waals surface area contributed by atoms with Gasteiger partial charge in [-0.05, 0) is 37.0 Å². The van der Waals surface area contributed by atoms with E-state index in [2.05, 4.69) is 12.2 Å². The Labute approximate surface area is 131 Å². The number of aliphatic hydroxyl groups is 2. The molecule has 0 aromatic heterocycles. The van der Waals surface area contributed by atoms with Crippen LogP contribution in [0.25, 0.3) is 0 Å². The number of esters is 1. The summed E-state index contributed by atoms with van der Waals surface area (Å²) in [7, 11) is 0. The summed E-state index contributed by atoms with van der Waals surface area (Å²) in [6.07, 6.45) is 7.65. The maximum absolute atomic E-state index is 12.0. The van der Waals surface area contributed by atoms with Gasteiger partial charge in [-0.25, -0.2) is 4.79 Å². The molecule has 0 fully saturated rings. The molecule has 0 aliphatic heterocycles. The third-order valence-electron chi connectivity index (χ3n) is 4.08. The number of ether oxygens (including phenoxy) is 1. The lowest BCUT2D eigenvalue weighted by Crippen LogP contribution is -2.52. The molecule has 1 aliphatic rings. The van der Waals surface area contributed by atoms with Gasteiger partial charge in [0, 0.05) is 11.3 Å². The predicted octanol–water partition coefficient (Wildman–Crippen LogP) is 3.14. The van der Waals surface area contributed by atoms with Crippen molar-refractivity contribution in [3.8, 4) is 5.75 Å². The van der Waals surface area contributed by atoms with Crippen LogP contribution in [0.1, 0.15) is 51.5 Å². The molecule has 1 aliphatic carbocycles. The highest BCUT2D eigenvalue weighted by atomic mass is 16.6. The van der Waals surface area contributed by atoms with Gasteiger partial charge in [-0.15, -0.1) is 0 Å². The van der Waals surface area contributed by atoms with E-state index in [0.29, 0.717) is 11.7 Å². The van der Waals surface area contributed by atoms with Gasteiger partial charge in [0.15, 0.2) is 0 Å².